The van der Waals surface area contributed by atoms with Gasteiger partial charge in [-0.1, -0.05) is 24.3 Å². The number of benzene rings is 1. The molecular formula is C16H16N3+. The predicted molar refractivity (Wildman–Crippen MR) is 74.9 cm³/mol. The number of aromatic nitrogens is 3. The van der Waals surface area contributed by atoms with Gasteiger partial charge in [0.25, 0.3) is 5.82 Å². The van der Waals surface area contributed by atoms with E-state index in [9.17, 15) is 0 Å². The summed E-state index contributed by atoms with van der Waals surface area (Å²) in [5, 5.41) is 0. The number of imidazole rings is 1. The predicted octanol–water partition coefficient (Wildman–Crippen LogP) is 2.67. The Kier molecular flexibility index (Phi) is 2.88. The average molecular weight is 250 g/mol. The summed E-state index contributed by atoms with van der Waals surface area (Å²) in [6.07, 6.45) is 5.56. The van der Waals surface area contributed by atoms with Crippen molar-refractivity contribution >= 4 is 0 Å². The molecule has 0 saturated heterocycles. The molecule has 0 saturated carbocycles. The number of hydrogen-bond donors (Lipinski definition) is 0. The van der Waals surface area contributed by atoms with Crippen LogP contribution in [0.5, 0.6) is 0 Å². The molecule has 0 spiro atoms. The van der Waals surface area contributed by atoms with Crippen LogP contribution >= 0.6 is 0 Å². The van der Waals surface area contributed by atoms with Crippen LogP contribution in [0, 0.1) is 6.92 Å². The van der Waals surface area contributed by atoms with Crippen LogP contribution in [0.4, 0.5) is 0 Å². The zero-order valence-electron chi connectivity index (χ0n) is 11.1. The van der Waals surface area contributed by atoms with E-state index in [1.54, 1.807) is 6.20 Å². The quantitative estimate of drug-likeness (QED) is 0.641. The van der Waals surface area contributed by atoms with Crippen molar-refractivity contribution in [2.45, 2.75) is 6.92 Å². The molecule has 0 bridgehead atoms. The molecule has 3 heteroatoms. The van der Waals surface area contributed by atoms with Crippen molar-refractivity contribution in [2.75, 3.05) is 0 Å². The SMILES string of the molecule is Cc1ccccc1-c1cccc(-n2ccnc2)[n+]1C. The van der Waals surface area contributed by atoms with Gasteiger partial charge in [0.2, 0.25) is 0 Å². The van der Waals surface area contributed by atoms with E-state index in [0.717, 1.165) is 5.82 Å². The first-order valence-electron chi connectivity index (χ1n) is 6.31. The number of aryl methyl sites for hydroxylation is 1. The number of hydrogen-bond acceptors (Lipinski definition) is 1. The van der Waals surface area contributed by atoms with E-state index < -0.39 is 0 Å². The molecule has 2 heterocycles. The second kappa shape index (κ2) is 4.69. The summed E-state index contributed by atoms with van der Waals surface area (Å²) in [5.41, 5.74) is 3.73. The van der Waals surface area contributed by atoms with Gasteiger partial charge in [0.05, 0.1) is 13.2 Å². The largest absolute Gasteiger partial charge is 0.287 e. The van der Waals surface area contributed by atoms with Gasteiger partial charge in [-0.15, -0.1) is 0 Å². The Morgan fingerprint density at radius 3 is 2.63 bits per heavy atom. The van der Waals surface area contributed by atoms with E-state index in [1.807, 2.05) is 17.1 Å². The minimum atomic E-state index is 1.10. The van der Waals surface area contributed by atoms with Gasteiger partial charge in [-0.3, -0.25) is 0 Å². The molecule has 0 fully saturated rings. The van der Waals surface area contributed by atoms with Crippen molar-refractivity contribution in [2.24, 2.45) is 7.05 Å². The van der Waals surface area contributed by atoms with Gasteiger partial charge in [-0.2, -0.15) is 4.57 Å². The Hall–Kier alpha value is -2.42. The molecule has 1 aromatic carbocycles. The molecule has 3 aromatic rings. The zero-order valence-corrected chi connectivity index (χ0v) is 11.1. The second-order valence-electron chi connectivity index (χ2n) is 4.61. The summed E-state index contributed by atoms with van der Waals surface area (Å²) in [5.74, 6) is 1.10. The van der Waals surface area contributed by atoms with Crippen molar-refractivity contribution < 1.29 is 4.57 Å². The van der Waals surface area contributed by atoms with Crippen LogP contribution in [0.1, 0.15) is 5.56 Å². The molecule has 0 aliphatic heterocycles. The lowest BCUT2D eigenvalue weighted by atomic mass is 10.1. The topological polar surface area (TPSA) is 21.7 Å². The molecule has 19 heavy (non-hydrogen) atoms. The number of pyridine rings is 1. The highest BCUT2D eigenvalue weighted by Gasteiger charge is 2.14. The lowest BCUT2D eigenvalue weighted by Crippen LogP contribution is -2.36. The molecule has 0 aliphatic carbocycles. The minimum absolute atomic E-state index is 1.10. The fraction of sp³-hybridized carbons (Fsp3) is 0.125. The Balaban J connectivity index is 2.19. The van der Waals surface area contributed by atoms with Crippen molar-refractivity contribution in [3.63, 3.8) is 0 Å². The molecular weight excluding hydrogens is 234 g/mol. The van der Waals surface area contributed by atoms with E-state index in [4.69, 9.17) is 0 Å². The van der Waals surface area contributed by atoms with Gasteiger partial charge in [0, 0.05) is 11.6 Å². The maximum Gasteiger partial charge on any atom is 0.287 e. The van der Waals surface area contributed by atoms with Crippen molar-refractivity contribution in [1.29, 1.82) is 0 Å². The van der Waals surface area contributed by atoms with E-state index in [-0.39, 0.29) is 0 Å². The Labute approximate surface area is 112 Å². The first-order chi connectivity index (χ1) is 9.27. The van der Waals surface area contributed by atoms with Crippen molar-refractivity contribution in [3.05, 3.63) is 66.7 Å². The van der Waals surface area contributed by atoms with Gasteiger partial charge < -0.3 is 0 Å². The van der Waals surface area contributed by atoms with Crippen LogP contribution < -0.4 is 4.57 Å². The summed E-state index contributed by atoms with van der Waals surface area (Å²) in [7, 11) is 2.08. The summed E-state index contributed by atoms with van der Waals surface area (Å²) in [6, 6.07) is 14.7. The first kappa shape index (κ1) is 11.7. The van der Waals surface area contributed by atoms with Gasteiger partial charge in [-0.05, 0) is 24.6 Å². The average Bonchev–Trinajstić information content (AvgIpc) is 2.94. The molecule has 0 atom stereocenters. The molecule has 0 radical (unpaired) electrons. The van der Waals surface area contributed by atoms with Crippen LogP contribution in [0.2, 0.25) is 0 Å². The smallest absolute Gasteiger partial charge is 0.229 e. The molecule has 0 unspecified atom stereocenters. The van der Waals surface area contributed by atoms with E-state index in [2.05, 4.69) is 66.0 Å². The normalized spacial score (nSPS) is 10.6. The summed E-state index contributed by atoms with van der Waals surface area (Å²) in [6.45, 7) is 2.14. The fourth-order valence-corrected chi connectivity index (χ4v) is 2.36. The van der Waals surface area contributed by atoms with Gasteiger partial charge in [0.1, 0.15) is 11.9 Å². The van der Waals surface area contributed by atoms with Gasteiger partial charge >= 0.3 is 0 Å². The molecule has 0 aliphatic rings. The third-order valence-corrected chi connectivity index (χ3v) is 3.39. The van der Waals surface area contributed by atoms with Crippen LogP contribution in [0.15, 0.2) is 61.2 Å². The number of nitrogens with zero attached hydrogens (tertiary/aromatic N) is 3. The molecule has 0 amide bonds. The van der Waals surface area contributed by atoms with E-state index in [1.165, 1.54) is 16.8 Å². The number of rotatable bonds is 2. The monoisotopic (exact) mass is 250 g/mol. The minimum Gasteiger partial charge on any atom is -0.229 e. The van der Waals surface area contributed by atoms with Crippen molar-refractivity contribution in [3.8, 4) is 17.1 Å². The second-order valence-corrected chi connectivity index (χ2v) is 4.61. The third kappa shape index (κ3) is 2.03. The fourth-order valence-electron chi connectivity index (χ4n) is 2.36. The lowest BCUT2D eigenvalue weighted by Gasteiger charge is -2.09. The van der Waals surface area contributed by atoms with Gasteiger partial charge in [-0.25, -0.2) is 9.55 Å². The molecule has 94 valence electrons. The van der Waals surface area contributed by atoms with Crippen LogP contribution in [0.3, 0.4) is 0 Å². The maximum atomic E-state index is 4.11. The summed E-state index contributed by atoms with van der Waals surface area (Å²) < 4.78 is 4.20. The van der Waals surface area contributed by atoms with Crippen LogP contribution in [-0.2, 0) is 7.05 Å². The van der Waals surface area contributed by atoms with E-state index >= 15 is 0 Å². The lowest BCUT2D eigenvalue weighted by molar-refractivity contribution is -0.654. The van der Waals surface area contributed by atoms with Crippen molar-refractivity contribution in [1.82, 2.24) is 9.55 Å². The molecule has 0 N–H and O–H groups in total. The Morgan fingerprint density at radius 2 is 1.89 bits per heavy atom. The highest BCUT2D eigenvalue weighted by molar-refractivity contribution is 5.60. The summed E-state index contributed by atoms with van der Waals surface area (Å²) in [4.78, 5) is 4.11. The Bertz CT molecular complexity index is 700. The molecule has 3 nitrogen and oxygen atoms in total. The molecule has 2 aromatic heterocycles. The van der Waals surface area contributed by atoms with Crippen LogP contribution in [-0.4, -0.2) is 9.55 Å². The Morgan fingerprint density at radius 1 is 1.05 bits per heavy atom. The standard InChI is InChI=1S/C16H16N3/c1-13-6-3-4-7-14(13)15-8-5-9-16(18(15)2)19-11-10-17-12-19/h3-12H,1-2H3/q+1. The zero-order chi connectivity index (χ0) is 13.2. The van der Waals surface area contributed by atoms with Gasteiger partial charge in [0.15, 0.2) is 6.33 Å². The molecule has 3 rings (SSSR count). The first-order valence-corrected chi connectivity index (χ1v) is 6.31. The highest BCUT2D eigenvalue weighted by Crippen LogP contribution is 2.20. The third-order valence-electron chi connectivity index (χ3n) is 3.39. The summed E-state index contributed by atoms with van der Waals surface area (Å²) >= 11 is 0. The van der Waals surface area contributed by atoms with E-state index in [0.29, 0.717) is 0 Å². The highest BCUT2D eigenvalue weighted by atomic mass is 15.2. The van der Waals surface area contributed by atoms with Crippen LogP contribution in [0.25, 0.3) is 17.1 Å². The maximum absolute atomic E-state index is 4.11.